The Bertz CT molecular complexity index is 744. The number of nitriles is 1. The van der Waals surface area contributed by atoms with Gasteiger partial charge in [0.1, 0.15) is 6.04 Å². The summed E-state index contributed by atoms with van der Waals surface area (Å²) < 4.78 is 0. The van der Waals surface area contributed by atoms with Crippen molar-refractivity contribution in [1.82, 2.24) is 5.32 Å². The van der Waals surface area contributed by atoms with E-state index in [9.17, 15) is 9.59 Å². The maximum absolute atomic E-state index is 13.2. The summed E-state index contributed by atoms with van der Waals surface area (Å²) in [6.45, 7) is 0. The van der Waals surface area contributed by atoms with Crippen molar-refractivity contribution in [1.29, 1.82) is 5.26 Å². The molecule has 5 heteroatoms. The monoisotopic (exact) mass is 351 g/mol. The summed E-state index contributed by atoms with van der Waals surface area (Å²) in [5, 5.41) is 12.0. The van der Waals surface area contributed by atoms with Crippen molar-refractivity contribution < 1.29 is 9.59 Å². The summed E-state index contributed by atoms with van der Waals surface area (Å²) in [6.07, 6.45) is 7.01. The SMILES string of the molecule is N#Cc1cccc(C[C@@H](NC(=O)C23CC4CC(CC(C4)C2)C3)C(N)=O)c1. The fourth-order valence-corrected chi connectivity index (χ4v) is 5.93. The molecule has 0 spiro atoms. The molecule has 0 aliphatic heterocycles. The van der Waals surface area contributed by atoms with E-state index in [4.69, 9.17) is 11.0 Å². The minimum absolute atomic E-state index is 0.0110. The number of hydrogen-bond acceptors (Lipinski definition) is 3. The fraction of sp³-hybridized carbons (Fsp3) is 0.571. The van der Waals surface area contributed by atoms with E-state index in [0.29, 0.717) is 29.7 Å². The van der Waals surface area contributed by atoms with Gasteiger partial charge in [-0.15, -0.1) is 0 Å². The highest BCUT2D eigenvalue weighted by molar-refractivity contribution is 5.90. The fourth-order valence-electron chi connectivity index (χ4n) is 5.93. The van der Waals surface area contributed by atoms with Crippen LogP contribution in [-0.4, -0.2) is 17.9 Å². The van der Waals surface area contributed by atoms with Crippen LogP contribution < -0.4 is 11.1 Å². The zero-order valence-corrected chi connectivity index (χ0v) is 14.9. The number of primary amides is 1. The summed E-state index contributed by atoms with van der Waals surface area (Å²) in [5.74, 6) is 1.51. The first kappa shape index (κ1) is 17.1. The number of rotatable bonds is 5. The standard InChI is InChI=1S/C21H25N3O2/c22-12-14-3-1-2-13(4-14)8-18(19(23)25)24-20(26)21-9-15-5-16(10-21)7-17(6-15)11-21/h1-4,15-18H,5-11H2,(H2,23,25)(H,24,26)/t15?,16?,17?,18-,21?/m1/s1. The van der Waals surface area contributed by atoms with Crippen LogP contribution >= 0.6 is 0 Å². The predicted molar refractivity (Wildman–Crippen MR) is 96.6 cm³/mol. The molecule has 3 N–H and O–H groups in total. The van der Waals surface area contributed by atoms with Gasteiger partial charge in [-0.05, 0) is 74.0 Å². The first-order chi connectivity index (χ1) is 12.5. The number of amides is 2. The van der Waals surface area contributed by atoms with Crippen LogP contribution in [0.25, 0.3) is 0 Å². The van der Waals surface area contributed by atoms with Gasteiger partial charge in [-0.2, -0.15) is 5.26 Å². The van der Waals surface area contributed by atoms with Gasteiger partial charge in [0.25, 0.3) is 0 Å². The van der Waals surface area contributed by atoms with Gasteiger partial charge in [-0.25, -0.2) is 0 Å². The molecule has 1 aromatic rings. The van der Waals surface area contributed by atoms with Gasteiger partial charge in [0.05, 0.1) is 11.6 Å². The quantitative estimate of drug-likeness (QED) is 0.852. The van der Waals surface area contributed by atoms with E-state index in [2.05, 4.69) is 11.4 Å². The molecule has 4 fully saturated rings. The topological polar surface area (TPSA) is 96.0 Å². The minimum Gasteiger partial charge on any atom is -0.368 e. The first-order valence-electron chi connectivity index (χ1n) is 9.57. The average Bonchev–Trinajstić information content (AvgIpc) is 2.60. The van der Waals surface area contributed by atoms with Crippen LogP contribution in [0, 0.1) is 34.5 Å². The van der Waals surface area contributed by atoms with Crippen molar-refractivity contribution in [2.45, 2.75) is 51.0 Å². The molecule has 1 atom stereocenters. The molecule has 0 aromatic heterocycles. The van der Waals surface area contributed by atoms with Crippen LogP contribution in [0.3, 0.4) is 0 Å². The second-order valence-corrected chi connectivity index (χ2v) is 8.64. The summed E-state index contributed by atoms with van der Waals surface area (Å²) in [6, 6.07) is 8.47. The van der Waals surface area contributed by atoms with Gasteiger partial charge in [0, 0.05) is 11.8 Å². The molecule has 4 aliphatic rings. The second kappa shape index (κ2) is 6.42. The molecule has 0 saturated heterocycles. The maximum Gasteiger partial charge on any atom is 0.240 e. The maximum atomic E-state index is 13.2. The Labute approximate surface area is 153 Å². The molecule has 2 amide bonds. The predicted octanol–water partition coefficient (Wildman–Crippen LogP) is 2.29. The number of benzene rings is 1. The molecule has 0 radical (unpaired) electrons. The minimum atomic E-state index is -0.732. The van der Waals surface area contributed by atoms with Crippen LogP contribution in [0.15, 0.2) is 24.3 Å². The highest BCUT2D eigenvalue weighted by Crippen LogP contribution is 2.60. The third-order valence-electron chi connectivity index (χ3n) is 6.66. The van der Waals surface area contributed by atoms with Crippen molar-refractivity contribution in [2.75, 3.05) is 0 Å². The van der Waals surface area contributed by atoms with Crippen molar-refractivity contribution in [2.24, 2.45) is 28.9 Å². The Kier molecular flexibility index (Phi) is 4.22. The summed E-state index contributed by atoms with van der Waals surface area (Å²) >= 11 is 0. The smallest absolute Gasteiger partial charge is 0.240 e. The number of carbonyl (C=O) groups excluding carboxylic acids is 2. The zero-order chi connectivity index (χ0) is 18.3. The highest BCUT2D eigenvalue weighted by Gasteiger charge is 2.54. The number of nitrogens with one attached hydrogen (secondary N) is 1. The lowest BCUT2D eigenvalue weighted by Gasteiger charge is -2.55. The van der Waals surface area contributed by atoms with Gasteiger partial charge in [0.15, 0.2) is 0 Å². The van der Waals surface area contributed by atoms with Crippen LogP contribution in [0.2, 0.25) is 0 Å². The van der Waals surface area contributed by atoms with Crippen molar-refractivity contribution in [3.63, 3.8) is 0 Å². The molecule has 0 unspecified atom stereocenters. The van der Waals surface area contributed by atoms with Crippen LogP contribution in [0.1, 0.15) is 49.7 Å². The van der Waals surface area contributed by atoms with E-state index in [0.717, 1.165) is 24.8 Å². The van der Waals surface area contributed by atoms with Crippen LogP contribution in [-0.2, 0) is 16.0 Å². The van der Waals surface area contributed by atoms with E-state index in [-0.39, 0.29) is 11.3 Å². The molecule has 5 nitrogen and oxygen atoms in total. The molecule has 4 aliphatic carbocycles. The van der Waals surface area contributed by atoms with Gasteiger partial charge >= 0.3 is 0 Å². The van der Waals surface area contributed by atoms with Crippen molar-refractivity contribution in [3.8, 4) is 6.07 Å². The van der Waals surface area contributed by atoms with Gasteiger partial charge < -0.3 is 11.1 Å². The van der Waals surface area contributed by atoms with Gasteiger partial charge in [-0.1, -0.05) is 12.1 Å². The van der Waals surface area contributed by atoms with E-state index >= 15 is 0 Å². The molecule has 136 valence electrons. The Balaban J connectivity index is 1.49. The summed E-state index contributed by atoms with van der Waals surface area (Å²) in [4.78, 5) is 25.1. The molecule has 4 bridgehead atoms. The van der Waals surface area contributed by atoms with Crippen LogP contribution in [0.4, 0.5) is 0 Å². The second-order valence-electron chi connectivity index (χ2n) is 8.64. The van der Waals surface area contributed by atoms with E-state index < -0.39 is 11.9 Å². The molecule has 4 saturated carbocycles. The lowest BCUT2D eigenvalue weighted by atomic mass is 9.49. The van der Waals surface area contributed by atoms with Gasteiger partial charge in [0.2, 0.25) is 11.8 Å². The zero-order valence-electron chi connectivity index (χ0n) is 14.9. The molecule has 0 heterocycles. The molecular formula is C21H25N3O2. The number of nitrogens with zero attached hydrogens (tertiary/aromatic N) is 1. The molecular weight excluding hydrogens is 326 g/mol. The van der Waals surface area contributed by atoms with E-state index in [1.54, 1.807) is 18.2 Å². The number of nitrogens with two attached hydrogens (primary N) is 1. The molecule has 26 heavy (non-hydrogen) atoms. The number of hydrogen-bond donors (Lipinski definition) is 2. The van der Waals surface area contributed by atoms with E-state index in [1.807, 2.05) is 6.07 Å². The first-order valence-corrected chi connectivity index (χ1v) is 9.57. The Morgan fingerprint density at radius 2 is 1.81 bits per heavy atom. The van der Waals surface area contributed by atoms with Crippen LogP contribution in [0.5, 0.6) is 0 Å². The normalized spacial score (nSPS) is 32.7. The molecule has 5 rings (SSSR count). The lowest BCUT2D eigenvalue weighted by Crippen LogP contribution is -2.57. The Morgan fingerprint density at radius 3 is 2.35 bits per heavy atom. The highest BCUT2D eigenvalue weighted by atomic mass is 16.2. The third kappa shape index (κ3) is 3.09. The molecule has 1 aromatic carbocycles. The summed E-state index contributed by atoms with van der Waals surface area (Å²) in [7, 11) is 0. The largest absolute Gasteiger partial charge is 0.368 e. The Hall–Kier alpha value is -2.35. The Morgan fingerprint density at radius 1 is 1.19 bits per heavy atom. The lowest BCUT2D eigenvalue weighted by molar-refractivity contribution is -0.148. The average molecular weight is 351 g/mol. The summed E-state index contributed by atoms with van der Waals surface area (Å²) in [5.41, 5.74) is 6.65. The number of carbonyl (C=O) groups is 2. The van der Waals surface area contributed by atoms with Crippen molar-refractivity contribution >= 4 is 11.8 Å². The van der Waals surface area contributed by atoms with Gasteiger partial charge in [-0.3, -0.25) is 9.59 Å². The third-order valence-corrected chi connectivity index (χ3v) is 6.66. The van der Waals surface area contributed by atoms with E-state index in [1.165, 1.54) is 19.3 Å². The van der Waals surface area contributed by atoms with Crippen molar-refractivity contribution in [3.05, 3.63) is 35.4 Å².